The number of hydrogen-bond donors (Lipinski definition) is 2. The fourth-order valence-electron chi connectivity index (χ4n) is 1.78. The summed E-state index contributed by atoms with van der Waals surface area (Å²) in [5.74, 6) is -1.61. The number of para-hydroxylation sites is 1. The van der Waals surface area contributed by atoms with E-state index in [0.717, 1.165) is 12.0 Å². The Morgan fingerprint density at radius 3 is 2.84 bits per heavy atom. The van der Waals surface area contributed by atoms with Gasteiger partial charge in [-0.05, 0) is 24.1 Å². The van der Waals surface area contributed by atoms with Crippen molar-refractivity contribution in [1.82, 2.24) is 4.98 Å². The minimum Gasteiger partial charge on any atom is -0.381 e. The van der Waals surface area contributed by atoms with Crippen molar-refractivity contribution in [2.45, 2.75) is 13.3 Å². The Balaban J connectivity index is 2.28. The van der Waals surface area contributed by atoms with Crippen LogP contribution in [0.25, 0.3) is 0 Å². The van der Waals surface area contributed by atoms with Gasteiger partial charge in [0.1, 0.15) is 0 Å². The maximum absolute atomic E-state index is 13.7. The van der Waals surface area contributed by atoms with Crippen LogP contribution in [0.2, 0.25) is 0 Å². The van der Waals surface area contributed by atoms with Crippen molar-refractivity contribution in [2.75, 3.05) is 11.1 Å². The third kappa shape index (κ3) is 2.70. The molecule has 0 aliphatic carbocycles. The molecule has 0 unspecified atom stereocenters. The summed E-state index contributed by atoms with van der Waals surface area (Å²) in [5, 5.41) is 2.68. The molecule has 1 aromatic heterocycles. The second-order valence-electron chi connectivity index (χ2n) is 4.02. The molecule has 0 spiro atoms. The predicted octanol–water partition coefficient (Wildman–Crippen LogP) is 2.62. The van der Waals surface area contributed by atoms with E-state index in [2.05, 4.69) is 10.3 Å². The molecule has 19 heavy (non-hydrogen) atoms. The lowest BCUT2D eigenvalue weighted by atomic mass is 10.1. The first kappa shape index (κ1) is 13.0. The maximum atomic E-state index is 13.7. The van der Waals surface area contributed by atoms with Gasteiger partial charge in [-0.25, -0.2) is 9.37 Å². The molecular weight excluding hydrogens is 245 g/mol. The molecule has 2 rings (SSSR count). The van der Waals surface area contributed by atoms with Gasteiger partial charge >= 0.3 is 0 Å². The van der Waals surface area contributed by atoms with E-state index in [4.69, 9.17) is 5.73 Å². The normalized spacial score (nSPS) is 10.2. The first-order valence-electron chi connectivity index (χ1n) is 5.92. The number of hydrogen-bond acceptors (Lipinski definition) is 3. The van der Waals surface area contributed by atoms with E-state index in [0.29, 0.717) is 5.69 Å². The highest BCUT2D eigenvalue weighted by atomic mass is 19.1. The highest BCUT2D eigenvalue weighted by Crippen LogP contribution is 2.18. The standard InChI is InChI=1S/C14H14FN3O/c1-2-9-5-3-4-6-11(9)18-14(19)10-7-8-17-13(16)12(10)15/h3-8H,2H2,1H3,(H2,16,17)(H,18,19). The zero-order valence-corrected chi connectivity index (χ0v) is 10.5. The largest absolute Gasteiger partial charge is 0.381 e. The van der Waals surface area contributed by atoms with Crippen LogP contribution < -0.4 is 11.1 Å². The van der Waals surface area contributed by atoms with E-state index in [1.807, 2.05) is 25.1 Å². The quantitative estimate of drug-likeness (QED) is 0.890. The number of nitrogens with two attached hydrogens (primary N) is 1. The molecule has 0 radical (unpaired) electrons. The van der Waals surface area contributed by atoms with Crippen LogP contribution in [0.3, 0.4) is 0 Å². The van der Waals surface area contributed by atoms with E-state index in [1.165, 1.54) is 12.3 Å². The van der Waals surface area contributed by atoms with Gasteiger partial charge in [-0.3, -0.25) is 4.79 Å². The van der Waals surface area contributed by atoms with Gasteiger partial charge in [0.05, 0.1) is 5.56 Å². The van der Waals surface area contributed by atoms with Crippen LogP contribution >= 0.6 is 0 Å². The molecule has 1 amide bonds. The molecular formula is C14H14FN3O. The monoisotopic (exact) mass is 259 g/mol. The van der Waals surface area contributed by atoms with E-state index in [1.54, 1.807) is 6.07 Å². The Labute approximate surface area is 110 Å². The predicted molar refractivity (Wildman–Crippen MR) is 72.4 cm³/mol. The van der Waals surface area contributed by atoms with Crippen LogP contribution in [-0.2, 0) is 6.42 Å². The molecule has 0 aliphatic rings. The lowest BCUT2D eigenvalue weighted by Gasteiger charge is -2.10. The zero-order valence-electron chi connectivity index (χ0n) is 10.5. The number of amides is 1. The van der Waals surface area contributed by atoms with E-state index < -0.39 is 11.7 Å². The summed E-state index contributed by atoms with van der Waals surface area (Å²) in [6, 6.07) is 8.69. The van der Waals surface area contributed by atoms with E-state index >= 15 is 0 Å². The number of aromatic nitrogens is 1. The molecule has 2 aromatic rings. The van der Waals surface area contributed by atoms with Gasteiger partial charge in [0.2, 0.25) is 0 Å². The molecule has 98 valence electrons. The van der Waals surface area contributed by atoms with Crippen molar-refractivity contribution in [3.63, 3.8) is 0 Å². The highest BCUT2D eigenvalue weighted by Gasteiger charge is 2.15. The Bertz CT molecular complexity index is 613. The van der Waals surface area contributed by atoms with Crippen LogP contribution in [0, 0.1) is 5.82 Å². The SMILES string of the molecule is CCc1ccccc1NC(=O)c1ccnc(N)c1F. The van der Waals surface area contributed by atoms with Gasteiger partial charge in [0, 0.05) is 11.9 Å². The van der Waals surface area contributed by atoms with Crippen molar-refractivity contribution < 1.29 is 9.18 Å². The lowest BCUT2D eigenvalue weighted by molar-refractivity contribution is 0.102. The second-order valence-corrected chi connectivity index (χ2v) is 4.02. The van der Waals surface area contributed by atoms with Gasteiger partial charge in [0.25, 0.3) is 5.91 Å². The third-order valence-electron chi connectivity index (χ3n) is 2.81. The van der Waals surface area contributed by atoms with Crippen molar-refractivity contribution in [3.8, 4) is 0 Å². The lowest BCUT2D eigenvalue weighted by Crippen LogP contribution is -2.16. The summed E-state index contributed by atoms with van der Waals surface area (Å²) in [6.07, 6.45) is 2.08. The Morgan fingerprint density at radius 1 is 1.37 bits per heavy atom. The molecule has 0 bridgehead atoms. The van der Waals surface area contributed by atoms with Crippen LogP contribution in [0.4, 0.5) is 15.9 Å². The Morgan fingerprint density at radius 2 is 2.11 bits per heavy atom. The molecule has 0 saturated heterocycles. The van der Waals surface area contributed by atoms with E-state index in [-0.39, 0.29) is 11.4 Å². The molecule has 3 N–H and O–H groups in total. The molecule has 1 heterocycles. The highest BCUT2D eigenvalue weighted by molar-refractivity contribution is 6.05. The number of nitrogen functional groups attached to an aromatic ring is 1. The molecule has 4 nitrogen and oxygen atoms in total. The topological polar surface area (TPSA) is 68.0 Å². The number of carbonyl (C=O) groups is 1. The molecule has 0 saturated carbocycles. The average Bonchev–Trinajstić information content (AvgIpc) is 2.42. The zero-order chi connectivity index (χ0) is 13.8. The minimum atomic E-state index is -0.797. The smallest absolute Gasteiger partial charge is 0.258 e. The van der Waals surface area contributed by atoms with E-state index in [9.17, 15) is 9.18 Å². The Kier molecular flexibility index (Phi) is 3.75. The number of aryl methyl sites for hydroxylation is 1. The van der Waals surface area contributed by atoms with Crippen LogP contribution in [-0.4, -0.2) is 10.9 Å². The first-order valence-corrected chi connectivity index (χ1v) is 5.92. The van der Waals surface area contributed by atoms with Crippen LogP contribution in [0.15, 0.2) is 36.5 Å². The fraction of sp³-hybridized carbons (Fsp3) is 0.143. The van der Waals surface area contributed by atoms with Crippen molar-refractivity contribution in [3.05, 3.63) is 53.5 Å². The number of carbonyl (C=O) groups excluding carboxylic acids is 1. The molecule has 0 fully saturated rings. The van der Waals surface area contributed by atoms with Gasteiger partial charge in [-0.15, -0.1) is 0 Å². The first-order chi connectivity index (χ1) is 9.13. The minimum absolute atomic E-state index is 0.113. The molecule has 5 heteroatoms. The van der Waals surface area contributed by atoms with Crippen LogP contribution in [0.1, 0.15) is 22.8 Å². The summed E-state index contributed by atoms with van der Waals surface area (Å²) in [7, 11) is 0. The number of rotatable bonds is 3. The summed E-state index contributed by atoms with van der Waals surface area (Å²) in [6.45, 7) is 1.98. The number of halogens is 1. The summed E-state index contributed by atoms with van der Waals surface area (Å²) >= 11 is 0. The van der Waals surface area contributed by atoms with Gasteiger partial charge < -0.3 is 11.1 Å². The maximum Gasteiger partial charge on any atom is 0.258 e. The van der Waals surface area contributed by atoms with Crippen molar-refractivity contribution in [2.24, 2.45) is 0 Å². The average molecular weight is 259 g/mol. The summed E-state index contributed by atoms with van der Waals surface area (Å²) < 4.78 is 13.7. The molecule has 0 aliphatic heterocycles. The van der Waals surface area contributed by atoms with Crippen molar-refractivity contribution in [1.29, 1.82) is 0 Å². The second kappa shape index (κ2) is 5.48. The number of benzene rings is 1. The number of nitrogens with one attached hydrogen (secondary N) is 1. The van der Waals surface area contributed by atoms with Gasteiger partial charge in [-0.1, -0.05) is 25.1 Å². The van der Waals surface area contributed by atoms with Crippen LogP contribution in [0.5, 0.6) is 0 Å². The fourth-order valence-corrected chi connectivity index (χ4v) is 1.78. The van der Waals surface area contributed by atoms with Crippen molar-refractivity contribution >= 4 is 17.4 Å². The summed E-state index contributed by atoms with van der Waals surface area (Å²) in [4.78, 5) is 15.6. The number of nitrogens with zero attached hydrogens (tertiary/aromatic N) is 1. The number of pyridine rings is 1. The number of anilines is 2. The van der Waals surface area contributed by atoms with Gasteiger partial charge in [0.15, 0.2) is 11.6 Å². The van der Waals surface area contributed by atoms with Gasteiger partial charge in [-0.2, -0.15) is 0 Å². The molecule has 1 aromatic carbocycles. The third-order valence-corrected chi connectivity index (χ3v) is 2.81. The molecule has 0 atom stereocenters. The Hall–Kier alpha value is -2.43. The summed E-state index contributed by atoms with van der Waals surface area (Å²) in [5.41, 5.74) is 6.88.